The molecule has 0 aliphatic carbocycles. The number of rotatable bonds is 3. The molecule has 7 nitrogen and oxygen atoms in total. The number of thiocarbonyl (C=S) groups is 1. The van der Waals surface area contributed by atoms with Gasteiger partial charge in [-0.15, -0.1) is 0 Å². The van der Waals surface area contributed by atoms with E-state index in [9.17, 15) is 4.79 Å². The van der Waals surface area contributed by atoms with Gasteiger partial charge in [-0.05, 0) is 42.5 Å². The van der Waals surface area contributed by atoms with Gasteiger partial charge in [0.05, 0.1) is 29.6 Å². The van der Waals surface area contributed by atoms with E-state index in [1.54, 1.807) is 18.2 Å². The summed E-state index contributed by atoms with van der Waals surface area (Å²) in [5.41, 5.74) is 2.00. The molecule has 1 fully saturated rings. The Morgan fingerprint density at radius 3 is 2.59 bits per heavy atom. The van der Waals surface area contributed by atoms with E-state index < -0.39 is 0 Å². The van der Waals surface area contributed by atoms with E-state index in [-0.39, 0.29) is 11.0 Å². The maximum absolute atomic E-state index is 12.6. The molecular weight excluding hydrogens is 414 g/mol. The highest BCUT2D eigenvalue weighted by atomic mass is 35.5. The summed E-state index contributed by atoms with van der Waals surface area (Å²) in [6.45, 7) is 3.68. The molecule has 29 heavy (non-hydrogen) atoms. The second-order valence-electron chi connectivity index (χ2n) is 6.50. The Hall–Kier alpha value is -2.55. The van der Waals surface area contributed by atoms with Gasteiger partial charge in [0.1, 0.15) is 13.2 Å². The normalized spacial score (nSPS) is 15.6. The van der Waals surface area contributed by atoms with Crippen molar-refractivity contribution in [3.8, 4) is 11.5 Å². The number of nitrogens with zero attached hydrogens (tertiary/aromatic N) is 1. The number of ether oxygens (including phenoxy) is 3. The van der Waals surface area contributed by atoms with Crippen LogP contribution < -0.4 is 25.0 Å². The number of carbonyl (C=O) groups excluding carboxylic acids is 1. The maximum Gasteiger partial charge on any atom is 0.257 e. The Balaban J connectivity index is 1.46. The first-order chi connectivity index (χ1) is 14.1. The van der Waals surface area contributed by atoms with Crippen molar-refractivity contribution < 1.29 is 19.0 Å². The Bertz CT molecular complexity index is 934. The first-order valence-electron chi connectivity index (χ1n) is 9.25. The fourth-order valence-corrected chi connectivity index (χ4v) is 3.73. The third kappa shape index (κ3) is 4.55. The van der Waals surface area contributed by atoms with Crippen LogP contribution in [0.2, 0.25) is 5.02 Å². The molecule has 152 valence electrons. The van der Waals surface area contributed by atoms with Crippen molar-refractivity contribution in [3.05, 3.63) is 47.0 Å². The SMILES string of the molecule is O=C(NC(=S)Nc1cccc(Cl)c1N1CCOCC1)c1ccc2c(c1)OCCO2. The van der Waals surface area contributed by atoms with E-state index in [0.717, 1.165) is 24.5 Å². The number of halogens is 1. The van der Waals surface area contributed by atoms with E-state index >= 15 is 0 Å². The standard InChI is InChI=1S/C20H20ClN3O4S/c21-14-2-1-3-15(18(14)24-6-8-26-9-7-24)22-20(29)23-19(25)13-4-5-16-17(12-13)28-11-10-27-16/h1-5,12H,6-11H2,(H2,22,23,25,29). The Kier molecular flexibility index (Phi) is 6.03. The minimum Gasteiger partial charge on any atom is -0.486 e. The molecular formula is C20H20ClN3O4S. The lowest BCUT2D eigenvalue weighted by Gasteiger charge is -2.31. The average Bonchev–Trinajstić information content (AvgIpc) is 2.74. The van der Waals surface area contributed by atoms with Gasteiger partial charge in [-0.25, -0.2) is 0 Å². The van der Waals surface area contributed by atoms with Crippen LogP contribution in [0.15, 0.2) is 36.4 Å². The van der Waals surface area contributed by atoms with Crippen molar-refractivity contribution in [2.45, 2.75) is 0 Å². The molecule has 2 aliphatic rings. The van der Waals surface area contributed by atoms with E-state index in [2.05, 4.69) is 15.5 Å². The summed E-state index contributed by atoms with van der Waals surface area (Å²) in [6.07, 6.45) is 0. The quantitative estimate of drug-likeness (QED) is 0.721. The summed E-state index contributed by atoms with van der Waals surface area (Å²) < 4.78 is 16.4. The van der Waals surface area contributed by atoms with Crippen molar-refractivity contribution in [2.24, 2.45) is 0 Å². The molecule has 2 heterocycles. The molecule has 2 aliphatic heterocycles. The van der Waals surface area contributed by atoms with Crippen LogP contribution in [0.1, 0.15) is 10.4 Å². The summed E-state index contributed by atoms with van der Waals surface area (Å²) in [4.78, 5) is 14.7. The lowest BCUT2D eigenvalue weighted by Crippen LogP contribution is -2.38. The largest absolute Gasteiger partial charge is 0.486 e. The van der Waals surface area contributed by atoms with Crippen LogP contribution in [0.3, 0.4) is 0 Å². The third-order valence-corrected chi connectivity index (χ3v) is 5.10. The average molecular weight is 434 g/mol. The van der Waals surface area contributed by atoms with Gasteiger partial charge in [-0.1, -0.05) is 17.7 Å². The van der Waals surface area contributed by atoms with Crippen molar-refractivity contribution in [1.29, 1.82) is 0 Å². The predicted molar refractivity (Wildman–Crippen MR) is 116 cm³/mol. The van der Waals surface area contributed by atoms with Crippen LogP contribution in [0.4, 0.5) is 11.4 Å². The molecule has 0 atom stereocenters. The number of anilines is 2. The van der Waals surface area contributed by atoms with Crippen molar-refractivity contribution >= 4 is 46.2 Å². The van der Waals surface area contributed by atoms with Gasteiger partial charge in [0.15, 0.2) is 16.6 Å². The van der Waals surface area contributed by atoms with Crippen LogP contribution in [0, 0.1) is 0 Å². The number of hydrogen-bond acceptors (Lipinski definition) is 6. The van der Waals surface area contributed by atoms with E-state index in [1.807, 2.05) is 18.2 Å². The first kappa shape index (κ1) is 19.8. The number of morpholine rings is 1. The van der Waals surface area contributed by atoms with Crippen LogP contribution in [-0.4, -0.2) is 50.5 Å². The fourth-order valence-electron chi connectivity index (χ4n) is 3.24. The Morgan fingerprint density at radius 2 is 1.79 bits per heavy atom. The molecule has 0 unspecified atom stereocenters. The monoisotopic (exact) mass is 433 g/mol. The van der Waals surface area contributed by atoms with Crippen LogP contribution in [-0.2, 0) is 4.74 Å². The molecule has 2 N–H and O–H groups in total. The minimum absolute atomic E-state index is 0.182. The predicted octanol–water partition coefficient (Wildman–Crippen LogP) is 3.07. The molecule has 0 spiro atoms. The lowest BCUT2D eigenvalue weighted by atomic mass is 10.2. The second-order valence-corrected chi connectivity index (χ2v) is 7.32. The zero-order chi connectivity index (χ0) is 20.2. The van der Waals surface area contributed by atoms with Crippen LogP contribution >= 0.6 is 23.8 Å². The van der Waals surface area contributed by atoms with Crippen LogP contribution in [0.25, 0.3) is 0 Å². The topological polar surface area (TPSA) is 72.1 Å². The van der Waals surface area contributed by atoms with E-state index in [1.165, 1.54) is 0 Å². The number of hydrogen-bond donors (Lipinski definition) is 2. The number of fused-ring (bicyclic) bond motifs is 1. The summed E-state index contributed by atoms with van der Waals surface area (Å²) in [7, 11) is 0. The Labute approximate surface area is 178 Å². The molecule has 9 heteroatoms. The summed E-state index contributed by atoms with van der Waals surface area (Å²) in [5, 5.41) is 6.58. The number of para-hydroxylation sites is 1. The van der Waals surface area contributed by atoms with Gasteiger partial charge >= 0.3 is 0 Å². The molecule has 0 saturated carbocycles. The van der Waals surface area contributed by atoms with Crippen molar-refractivity contribution in [3.63, 3.8) is 0 Å². The fraction of sp³-hybridized carbons (Fsp3) is 0.300. The van der Waals surface area contributed by atoms with E-state index in [0.29, 0.717) is 48.5 Å². The molecule has 0 radical (unpaired) electrons. The van der Waals surface area contributed by atoms with Gasteiger partial charge < -0.3 is 24.4 Å². The van der Waals surface area contributed by atoms with Gasteiger partial charge in [-0.2, -0.15) is 0 Å². The number of carbonyl (C=O) groups is 1. The molecule has 4 rings (SSSR count). The molecule has 2 aromatic rings. The minimum atomic E-state index is -0.338. The van der Waals surface area contributed by atoms with Crippen LogP contribution in [0.5, 0.6) is 11.5 Å². The zero-order valence-corrected chi connectivity index (χ0v) is 17.1. The highest BCUT2D eigenvalue weighted by Gasteiger charge is 2.20. The first-order valence-corrected chi connectivity index (χ1v) is 10.0. The highest BCUT2D eigenvalue weighted by Crippen LogP contribution is 2.34. The Morgan fingerprint density at radius 1 is 1.03 bits per heavy atom. The number of benzene rings is 2. The smallest absolute Gasteiger partial charge is 0.257 e. The molecule has 0 aromatic heterocycles. The maximum atomic E-state index is 12.6. The molecule has 0 bridgehead atoms. The number of nitrogens with one attached hydrogen (secondary N) is 2. The molecule has 1 amide bonds. The van der Waals surface area contributed by atoms with Gasteiger partial charge in [0.2, 0.25) is 0 Å². The lowest BCUT2D eigenvalue weighted by molar-refractivity contribution is 0.0976. The summed E-state index contributed by atoms with van der Waals surface area (Å²) in [5.74, 6) is 0.837. The van der Waals surface area contributed by atoms with Crippen molar-refractivity contribution in [2.75, 3.05) is 49.7 Å². The number of amides is 1. The van der Waals surface area contributed by atoms with Gasteiger partial charge in [0.25, 0.3) is 5.91 Å². The van der Waals surface area contributed by atoms with Crippen molar-refractivity contribution in [1.82, 2.24) is 5.32 Å². The highest BCUT2D eigenvalue weighted by molar-refractivity contribution is 7.80. The summed E-state index contributed by atoms with van der Waals surface area (Å²) >= 11 is 11.8. The van der Waals surface area contributed by atoms with Gasteiger partial charge in [0, 0.05) is 18.7 Å². The second kappa shape index (κ2) is 8.86. The molecule has 2 aromatic carbocycles. The third-order valence-electron chi connectivity index (χ3n) is 4.59. The van der Waals surface area contributed by atoms with E-state index in [4.69, 9.17) is 38.0 Å². The zero-order valence-electron chi connectivity index (χ0n) is 15.6. The molecule has 1 saturated heterocycles. The van der Waals surface area contributed by atoms with Gasteiger partial charge in [-0.3, -0.25) is 10.1 Å². The summed E-state index contributed by atoms with van der Waals surface area (Å²) in [6, 6.07) is 10.6.